The number of carboxylic acids is 1. The number of carboxylic acid groups (broad SMARTS) is 1. The van der Waals surface area contributed by atoms with E-state index in [9.17, 15) is 13.2 Å². The van der Waals surface area contributed by atoms with Gasteiger partial charge in [-0.1, -0.05) is 17.7 Å². The highest BCUT2D eigenvalue weighted by Crippen LogP contribution is 2.25. The molecule has 6 nitrogen and oxygen atoms in total. The van der Waals surface area contributed by atoms with Gasteiger partial charge in [-0.3, -0.25) is 4.79 Å². The van der Waals surface area contributed by atoms with Crippen LogP contribution in [0.3, 0.4) is 0 Å². The molecule has 1 N–H and O–H groups in total. The second kappa shape index (κ2) is 6.13. The molecule has 0 aliphatic carbocycles. The first-order valence-corrected chi connectivity index (χ1v) is 8.15. The van der Waals surface area contributed by atoms with Crippen molar-refractivity contribution < 1.29 is 23.1 Å². The molecular weight excluding hydrogens is 294 g/mol. The largest absolute Gasteiger partial charge is 0.481 e. The first-order valence-electron chi connectivity index (χ1n) is 6.71. The Morgan fingerprint density at radius 1 is 1.43 bits per heavy atom. The van der Waals surface area contributed by atoms with Crippen molar-refractivity contribution in [2.24, 2.45) is 0 Å². The van der Waals surface area contributed by atoms with Gasteiger partial charge in [0, 0.05) is 6.54 Å². The number of rotatable bonds is 4. The van der Waals surface area contributed by atoms with Crippen molar-refractivity contribution in [1.82, 2.24) is 4.31 Å². The summed E-state index contributed by atoms with van der Waals surface area (Å²) >= 11 is 0. The molecule has 7 heteroatoms. The van der Waals surface area contributed by atoms with Crippen molar-refractivity contribution in [1.29, 1.82) is 0 Å². The average Bonchev–Trinajstić information content (AvgIpc) is 2.37. The molecule has 1 aromatic carbocycles. The summed E-state index contributed by atoms with van der Waals surface area (Å²) in [5.41, 5.74) is 1.64. The Balaban J connectivity index is 2.38. The summed E-state index contributed by atoms with van der Waals surface area (Å²) in [4.78, 5) is 11.1. The maximum atomic E-state index is 12.8. The number of sulfonamides is 1. The SMILES string of the molecule is Cc1ccc(S(=O)(=O)N2CCOCC2CC(=O)O)c(C)c1. The van der Waals surface area contributed by atoms with E-state index >= 15 is 0 Å². The van der Waals surface area contributed by atoms with Gasteiger partial charge >= 0.3 is 5.97 Å². The van der Waals surface area contributed by atoms with Crippen LogP contribution >= 0.6 is 0 Å². The molecule has 1 heterocycles. The smallest absolute Gasteiger partial charge is 0.305 e. The third-order valence-corrected chi connectivity index (χ3v) is 5.61. The van der Waals surface area contributed by atoms with Crippen LogP contribution in [-0.4, -0.2) is 49.6 Å². The van der Waals surface area contributed by atoms with Crippen LogP contribution in [-0.2, 0) is 19.6 Å². The van der Waals surface area contributed by atoms with Crippen LogP contribution in [0.1, 0.15) is 17.5 Å². The maximum Gasteiger partial charge on any atom is 0.305 e. The molecule has 1 fully saturated rings. The molecule has 21 heavy (non-hydrogen) atoms. The molecule has 1 atom stereocenters. The van der Waals surface area contributed by atoms with E-state index in [0.717, 1.165) is 5.56 Å². The van der Waals surface area contributed by atoms with E-state index in [4.69, 9.17) is 9.84 Å². The lowest BCUT2D eigenvalue weighted by molar-refractivity contribution is -0.139. The fourth-order valence-corrected chi connectivity index (χ4v) is 4.33. The molecule has 1 unspecified atom stereocenters. The van der Waals surface area contributed by atoms with E-state index in [1.807, 2.05) is 6.92 Å². The second-order valence-electron chi connectivity index (χ2n) is 5.21. The highest BCUT2D eigenvalue weighted by atomic mass is 32.2. The number of aliphatic carboxylic acids is 1. The monoisotopic (exact) mass is 313 g/mol. The van der Waals surface area contributed by atoms with Crippen LogP contribution in [0.25, 0.3) is 0 Å². The lowest BCUT2D eigenvalue weighted by Gasteiger charge is -2.34. The summed E-state index contributed by atoms with van der Waals surface area (Å²) in [6.07, 6.45) is -0.260. The van der Waals surface area contributed by atoms with Crippen molar-refractivity contribution in [3.63, 3.8) is 0 Å². The Hall–Kier alpha value is -1.44. The minimum Gasteiger partial charge on any atom is -0.481 e. The molecular formula is C14H19NO5S. The first-order chi connectivity index (χ1) is 9.82. The molecule has 0 aromatic heterocycles. The van der Waals surface area contributed by atoms with Gasteiger partial charge in [-0.2, -0.15) is 4.31 Å². The zero-order valence-corrected chi connectivity index (χ0v) is 12.9. The third-order valence-electron chi connectivity index (χ3n) is 3.50. The van der Waals surface area contributed by atoms with Gasteiger partial charge in [0.25, 0.3) is 0 Å². The van der Waals surface area contributed by atoms with E-state index in [1.165, 1.54) is 4.31 Å². The summed E-state index contributed by atoms with van der Waals surface area (Å²) in [6.45, 7) is 4.20. The molecule has 0 radical (unpaired) electrons. The summed E-state index contributed by atoms with van der Waals surface area (Å²) in [6, 6.07) is 4.46. The Kier molecular flexibility index (Phi) is 4.65. The zero-order valence-electron chi connectivity index (χ0n) is 12.1. The van der Waals surface area contributed by atoms with Gasteiger partial charge in [0.05, 0.1) is 30.6 Å². The second-order valence-corrected chi connectivity index (χ2v) is 7.07. The first kappa shape index (κ1) is 15.9. The average molecular weight is 313 g/mol. The molecule has 1 aromatic rings. The topological polar surface area (TPSA) is 83.9 Å². The molecule has 0 saturated carbocycles. The fourth-order valence-electron chi connectivity index (χ4n) is 2.53. The summed E-state index contributed by atoms with van der Waals surface area (Å²) in [5.74, 6) is -1.04. The highest BCUT2D eigenvalue weighted by molar-refractivity contribution is 7.89. The minimum absolute atomic E-state index is 0.108. The number of hydrogen-bond acceptors (Lipinski definition) is 4. The summed E-state index contributed by atoms with van der Waals surface area (Å²) in [7, 11) is -3.71. The van der Waals surface area contributed by atoms with E-state index in [-0.39, 0.29) is 31.1 Å². The molecule has 0 bridgehead atoms. The van der Waals surface area contributed by atoms with Crippen molar-refractivity contribution in [3.8, 4) is 0 Å². The van der Waals surface area contributed by atoms with Crippen LogP contribution in [0.15, 0.2) is 23.1 Å². The van der Waals surface area contributed by atoms with Gasteiger partial charge in [-0.15, -0.1) is 0 Å². The van der Waals surface area contributed by atoms with Crippen LogP contribution in [0.5, 0.6) is 0 Å². The van der Waals surface area contributed by atoms with Crippen molar-refractivity contribution >= 4 is 16.0 Å². The summed E-state index contributed by atoms with van der Waals surface area (Å²) < 4.78 is 32.1. The van der Waals surface area contributed by atoms with Gasteiger partial charge in [-0.05, 0) is 25.5 Å². The molecule has 0 amide bonds. The van der Waals surface area contributed by atoms with Crippen LogP contribution in [0.4, 0.5) is 0 Å². The molecule has 0 spiro atoms. The maximum absolute atomic E-state index is 12.8. The number of ether oxygens (including phenoxy) is 1. The Labute approximate surface area is 124 Å². The molecule has 1 aliphatic heterocycles. The lowest BCUT2D eigenvalue weighted by Crippen LogP contribution is -2.49. The van der Waals surface area contributed by atoms with Crippen molar-refractivity contribution in [2.45, 2.75) is 31.2 Å². The predicted octanol–water partition coefficient (Wildman–Crippen LogP) is 1.17. The van der Waals surface area contributed by atoms with Gasteiger partial charge in [0.2, 0.25) is 10.0 Å². The van der Waals surface area contributed by atoms with E-state index in [1.54, 1.807) is 25.1 Å². The van der Waals surface area contributed by atoms with E-state index in [0.29, 0.717) is 5.56 Å². The molecule has 116 valence electrons. The van der Waals surface area contributed by atoms with Gasteiger partial charge in [0.1, 0.15) is 0 Å². The quantitative estimate of drug-likeness (QED) is 0.902. The molecule has 1 aliphatic rings. The number of nitrogens with zero attached hydrogens (tertiary/aromatic N) is 1. The van der Waals surface area contributed by atoms with Crippen molar-refractivity contribution in [3.05, 3.63) is 29.3 Å². The Morgan fingerprint density at radius 3 is 2.76 bits per heavy atom. The van der Waals surface area contributed by atoms with Crippen LogP contribution in [0.2, 0.25) is 0 Å². The highest BCUT2D eigenvalue weighted by Gasteiger charge is 2.35. The van der Waals surface area contributed by atoms with Crippen LogP contribution < -0.4 is 0 Å². The van der Waals surface area contributed by atoms with Gasteiger partial charge in [-0.25, -0.2) is 8.42 Å². The zero-order chi connectivity index (χ0) is 15.6. The number of morpholine rings is 1. The number of hydrogen-bond donors (Lipinski definition) is 1. The van der Waals surface area contributed by atoms with Crippen molar-refractivity contribution in [2.75, 3.05) is 19.8 Å². The van der Waals surface area contributed by atoms with Gasteiger partial charge in [0.15, 0.2) is 0 Å². The Bertz CT molecular complexity index is 641. The minimum atomic E-state index is -3.71. The fraction of sp³-hybridized carbons (Fsp3) is 0.500. The van der Waals surface area contributed by atoms with Gasteiger partial charge < -0.3 is 9.84 Å². The number of benzene rings is 1. The Morgan fingerprint density at radius 2 is 2.14 bits per heavy atom. The van der Waals surface area contributed by atoms with E-state index < -0.39 is 22.0 Å². The number of aryl methyl sites for hydroxylation is 2. The lowest BCUT2D eigenvalue weighted by atomic mass is 10.2. The molecule has 1 saturated heterocycles. The third kappa shape index (κ3) is 3.42. The summed E-state index contributed by atoms with van der Waals surface area (Å²) in [5, 5.41) is 8.93. The predicted molar refractivity (Wildman–Crippen MR) is 76.7 cm³/mol. The van der Waals surface area contributed by atoms with E-state index in [2.05, 4.69) is 0 Å². The standard InChI is InChI=1S/C14H19NO5S/c1-10-3-4-13(11(2)7-10)21(18,19)15-5-6-20-9-12(15)8-14(16)17/h3-4,7,12H,5-6,8-9H2,1-2H3,(H,16,17). The number of carbonyl (C=O) groups is 1. The van der Waals surface area contributed by atoms with Crippen LogP contribution in [0, 0.1) is 13.8 Å². The molecule has 2 rings (SSSR count). The normalized spacial score (nSPS) is 20.4.